The summed E-state index contributed by atoms with van der Waals surface area (Å²) in [7, 11) is -2.00. The van der Waals surface area contributed by atoms with Crippen LogP contribution in [0.25, 0.3) is 0 Å². The second-order valence-corrected chi connectivity index (χ2v) is 8.42. The normalized spacial score (nSPS) is 11.4. The molecule has 142 valence electrons. The van der Waals surface area contributed by atoms with Crippen molar-refractivity contribution in [1.29, 1.82) is 0 Å². The van der Waals surface area contributed by atoms with Gasteiger partial charge in [0.15, 0.2) is 0 Å². The number of hydrogen-bond donors (Lipinski definition) is 1. The third-order valence-electron chi connectivity index (χ3n) is 4.18. The van der Waals surface area contributed by atoms with Crippen molar-refractivity contribution in [3.05, 3.63) is 59.7 Å². The predicted octanol–water partition coefficient (Wildman–Crippen LogP) is 6.54. The average Bonchev–Trinajstić information content (AvgIpc) is 2.59. The smallest absolute Gasteiger partial charge is 0.418 e. The van der Waals surface area contributed by atoms with Crippen LogP contribution in [-0.4, -0.2) is 4.89 Å². The summed E-state index contributed by atoms with van der Waals surface area (Å²) >= 11 is 0. The highest BCUT2D eigenvalue weighted by Crippen LogP contribution is 2.37. The van der Waals surface area contributed by atoms with Gasteiger partial charge >= 0.3 is 8.60 Å². The van der Waals surface area contributed by atoms with E-state index in [0.717, 1.165) is 25.7 Å². The summed E-state index contributed by atoms with van der Waals surface area (Å²) in [6, 6.07) is 15.8. The summed E-state index contributed by atoms with van der Waals surface area (Å²) in [5, 5.41) is 0. The summed E-state index contributed by atoms with van der Waals surface area (Å²) in [6.07, 6.45) is 4.29. The van der Waals surface area contributed by atoms with Crippen LogP contribution in [0.3, 0.4) is 0 Å². The van der Waals surface area contributed by atoms with Gasteiger partial charge in [-0.05, 0) is 72.9 Å². The molecule has 1 N–H and O–H groups in total. The highest BCUT2D eigenvalue weighted by Gasteiger charge is 2.12. The summed E-state index contributed by atoms with van der Waals surface area (Å²) < 4.78 is 11.2. The molecule has 26 heavy (non-hydrogen) atoms. The Morgan fingerprint density at radius 1 is 0.769 bits per heavy atom. The van der Waals surface area contributed by atoms with Crippen LogP contribution in [-0.2, 0) is 12.8 Å². The van der Waals surface area contributed by atoms with Crippen LogP contribution in [0.15, 0.2) is 48.5 Å². The molecule has 0 amide bonds. The molecule has 0 aliphatic heterocycles. The lowest BCUT2D eigenvalue weighted by Crippen LogP contribution is -1.97. The van der Waals surface area contributed by atoms with Crippen molar-refractivity contribution in [3.8, 4) is 11.5 Å². The lowest BCUT2D eigenvalue weighted by Gasteiger charge is -2.14. The maximum Gasteiger partial charge on any atom is 0.460 e. The summed E-state index contributed by atoms with van der Waals surface area (Å²) in [4.78, 5) is 10.2. The first-order valence-electron chi connectivity index (χ1n) is 9.45. The van der Waals surface area contributed by atoms with E-state index >= 15 is 0 Å². The minimum absolute atomic E-state index is 0.649. The fourth-order valence-corrected chi connectivity index (χ4v) is 3.25. The van der Waals surface area contributed by atoms with Crippen molar-refractivity contribution >= 4 is 8.60 Å². The average molecular weight is 374 g/mol. The van der Waals surface area contributed by atoms with E-state index in [-0.39, 0.29) is 0 Å². The summed E-state index contributed by atoms with van der Waals surface area (Å²) in [5.74, 6) is 2.63. The molecule has 2 aromatic rings. The van der Waals surface area contributed by atoms with Crippen LogP contribution in [0, 0.1) is 11.8 Å². The Hall–Kier alpha value is -1.57. The van der Waals surface area contributed by atoms with Crippen LogP contribution < -0.4 is 9.05 Å². The molecule has 0 saturated heterocycles. The van der Waals surface area contributed by atoms with Crippen molar-refractivity contribution in [2.24, 2.45) is 11.8 Å². The second-order valence-electron chi connectivity index (χ2n) is 7.58. The zero-order chi connectivity index (χ0) is 18.9. The molecule has 0 heterocycles. The van der Waals surface area contributed by atoms with E-state index in [1.807, 2.05) is 36.4 Å². The lowest BCUT2D eigenvalue weighted by atomic mass is 10.0. The summed E-state index contributed by atoms with van der Waals surface area (Å²) in [6.45, 7) is 8.87. The highest BCUT2D eigenvalue weighted by molar-refractivity contribution is 7.41. The van der Waals surface area contributed by atoms with E-state index in [0.29, 0.717) is 23.3 Å². The molecular weight excluding hydrogens is 343 g/mol. The molecule has 2 rings (SSSR count). The van der Waals surface area contributed by atoms with Crippen LogP contribution in [0.4, 0.5) is 0 Å². The van der Waals surface area contributed by atoms with Gasteiger partial charge in [-0.1, -0.05) is 52.0 Å². The van der Waals surface area contributed by atoms with Gasteiger partial charge in [-0.3, -0.25) is 0 Å². The van der Waals surface area contributed by atoms with E-state index in [2.05, 4.69) is 39.8 Å². The van der Waals surface area contributed by atoms with Crippen LogP contribution >= 0.6 is 8.60 Å². The van der Waals surface area contributed by atoms with Gasteiger partial charge in [-0.2, -0.15) is 0 Å². The van der Waals surface area contributed by atoms with Gasteiger partial charge in [0.2, 0.25) is 0 Å². The van der Waals surface area contributed by atoms with Crippen molar-refractivity contribution in [1.82, 2.24) is 0 Å². The lowest BCUT2D eigenvalue weighted by molar-refractivity contribution is 0.381. The third-order valence-corrected chi connectivity index (χ3v) is 4.92. The molecule has 3 nitrogen and oxygen atoms in total. The topological polar surface area (TPSA) is 38.7 Å². The SMILES string of the molecule is CC(C)CCc1cccc(OP(O)Oc2cccc(CCC(C)C)c2)c1. The van der Waals surface area contributed by atoms with Crippen molar-refractivity contribution in [2.45, 2.75) is 53.4 Å². The number of aryl methyl sites for hydroxylation is 2. The Kier molecular flexibility index (Phi) is 8.41. The van der Waals surface area contributed by atoms with Gasteiger partial charge in [0.05, 0.1) is 0 Å². The first-order valence-corrected chi connectivity index (χ1v) is 10.6. The first-order chi connectivity index (χ1) is 12.4. The van der Waals surface area contributed by atoms with Crippen LogP contribution in [0.2, 0.25) is 0 Å². The quantitative estimate of drug-likeness (QED) is 0.480. The molecule has 0 atom stereocenters. The number of benzene rings is 2. The molecule has 2 aromatic carbocycles. The Labute approximate surface area is 159 Å². The molecule has 0 aliphatic rings. The molecule has 0 unspecified atom stereocenters. The minimum Gasteiger partial charge on any atom is -0.418 e. The van der Waals surface area contributed by atoms with Gasteiger partial charge in [-0.15, -0.1) is 0 Å². The third kappa shape index (κ3) is 7.76. The maximum atomic E-state index is 10.2. The zero-order valence-electron chi connectivity index (χ0n) is 16.3. The van der Waals surface area contributed by atoms with Gasteiger partial charge in [0, 0.05) is 0 Å². The van der Waals surface area contributed by atoms with Gasteiger partial charge in [0.1, 0.15) is 11.5 Å². The monoisotopic (exact) mass is 374 g/mol. The molecule has 0 aliphatic carbocycles. The molecule has 0 fully saturated rings. The fourth-order valence-electron chi connectivity index (χ4n) is 2.63. The largest absolute Gasteiger partial charge is 0.460 e. The molecule has 0 aromatic heterocycles. The molecule has 0 radical (unpaired) electrons. The van der Waals surface area contributed by atoms with E-state index in [1.54, 1.807) is 0 Å². The highest BCUT2D eigenvalue weighted by atomic mass is 31.2. The fraction of sp³-hybridized carbons (Fsp3) is 0.455. The Morgan fingerprint density at radius 2 is 1.19 bits per heavy atom. The van der Waals surface area contributed by atoms with E-state index in [4.69, 9.17) is 9.05 Å². The van der Waals surface area contributed by atoms with E-state index in [9.17, 15) is 4.89 Å². The maximum absolute atomic E-state index is 10.2. The Bertz CT molecular complexity index is 612. The minimum atomic E-state index is -2.00. The molecular formula is C22H31O3P. The standard InChI is InChI=1S/C22H31O3P/c1-17(2)11-13-19-7-5-9-21(15-19)24-26(23)25-22-10-6-8-20(16-22)14-12-18(3)4/h5-10,15-18,23H,11-14H2,1-4H3. The van der Waals surface area contributed by atoms with E-state index < -0.39 is 8.60 Å². The van der Waals surface area contributed by atoms with Crippen molar-refractivity contribution in [3.63, 3.8) is 0 Å². The van der Waals surface area contributed by atoms with Gasteiger partial charge in [-0.25, -0.2) is 0 Å². The summed E-state index contributed by atoms with van der Waals surface area (Å²) in [5.41, 5.74) is 2.44. The van der Waals surface area contributed by atoms with Gasteiger partial charge < -0.3 is 13.9 Å². The van der Waals surface area contributed by atoms with Crippen LogP contribution in [0.5, 0.6) is 11.5 Å². The zero-order valence-corrected chi connectivity index (χ0v) is 17.2. The van der Waals surface area contributed by atoms with Crippen LogP contribution in [0.1, 0.15) is 51.7 Å². The molecule has 0 bridgehead atoms. The van der Waals surface area contributed by atoms with Crippen molar-refractivity contribution < 1.29 is 13.9 Å². The Balaban J connectivity index is 1.91. The van der Waals surface area contributed by atoms with Crippen molar-refractivity contribution in [2.75, 3.05) is 0 Å². The second kappa shape index (κ2) is 10.5. The Morgan fingerprint density at radius 3 is 1.58 bits per heavy atom. The van der Waals surface area contributed by atoms with Gasteiger partial charge in [0.25, 0.3) is 0 Å². The number of rotatable bonds is 10. The molecule has 0 spiro atoms. The molecule has 4 heteroatoms. The molecule has 0 saturated carbocycles. The first kappa shape index (κ1) is 20.7. The van der Waals surface area contributed by atoms with E-state index in [1.165, 1.54) is 11.1 Å². The number of hydrogen-bond acceptors (Lipinski definition) is 3. The predicted molar refractivity (Wildman–Crippen MR) is 110 cm³/mol.